The summed E-state index contributed by atoms with van der Waals surface area (Å²) in [6.07, 6.45) is 2.49. The Morgan fingerprint density at radius 3 is 2.61 bits per heavy atom. The molecule has 3 aromatic rings. The topological polar surface area (TPSA) is 60.1 Å². The molecule has 148 valence electrons. The van der Waals surface area contributed by atoms with Crippen LogP contribution in [-0.4, -0.2) is 32.8 Å². The van der Waals surface area contributed by atoms with Crippen LogP contribution in [0.2, 0.25) is 0 Å². The van der Waals surface area contributed by atoms with Crippen molar-refractivity contribution in [3.63, 3.8) is 0 Å². The van der Waals surface area contributed by atoms with Gasteiger partial charge in [-0.05, 0) is 55.7 Å². The summed E-state index contributed by atoms with van der Waals surface area (Å²) in [6, 6.07) is 10.1. The lowest BCUT2D eigenvalue weighted by Gasteiger charge is -2.11. The van der Waals surface area contributed by atoms with Gasteiger partial charge >= 0.3 is 0 Å². The number of hydrogen-bond acceptors (Lipinski definition) is 4. The van der Waals surface area contributed by atoms with E-state index in [0.717, 1.165) is 29.2 Å². The van der Waals surface area contributed by atoms with Gasteiger partial charge in [0.2, 0.25) is 4.77 Å². The van der Waals surface area contributed by atoms with Crippen LogP contribution in [0.15, 0.2) is 35.4 Å². The minimum atomic E-state index is 0.482. The zero-order valence-electron chi connectivity index (χ0n) is 17.1. The van der Waals surface area contributed by atoms with Gasteiger partial charge in [0.25, 0.3) is 0 Å². The summed E-state index contributed by atoms with van der Waals surface area (Å²) in [7, 11) is 1.66. The monoisotopic (exact) mass is 397 g/mol. The highest BCUT2D eigenvalue weighted by Crippen LogP contribution is 2.17. The molecule has 0 bridgehead atoms. The van der Waals surface area contributed by atoms with Crippen molar-refractivity contribution in [1.29, 1.82) is 0 Å². The molecule has 0 unspecified atom stereocenters. The summed E-state index contributed by atoms with van der Waals surface area (Å²) >= 11 is 5.37. The minimum Gasteiger partial charge on any atom is -0.497 e. The quantitative estimate of drug-likeness (QED) is 0.472. The van der Waals surface area contributed by atoms with Crippen molar-refractivity contribution in [1.82, 2.24) is 19.4 Å². The fourth-order valence-corrected chi connectivity index (χ4v) is 3.41. The zero-order valence-corrected chi connectivity index (χ0v) is 17.9. The number of aromatic nitrogens is 4. The Morgan fingerprint density at radius 2 is 1.96 bits per heavy atom. The van der Waals surface area contributed by atoms with Crippen molar-refractivity contribution in [2.24, 2.45) is 11.0 Å². The number of rotatable bonds is 7. The molecular formula is C21H27N5OS. The van der Waals surface area contributed by atoms with E-state index < -0.39 is 0 Å². The molecule has 1 aromatic carbocycles. The van der Waals surface area contributed by atoms with Gasteiger partial charge in [0.05, 0.1) is 13.3 Å². The molecule has 2 heterocycles. The Morgan fingerprint density at radius 1 is 1.25 bits per heavy atom. The normalized spacial score (nSPS) is 11.6. The number of aryl methyl sites for hydroxylation is 1. The summed E-state index contributed by atoms with van der Waals surface area (Å²) in [5.74, 6) is 2.19. The van der Waals surface area contributed by atoms with Crippen molar-refractivity contribution in [3.8, 4) is 5.75 Å². The van der Waals surface area contributed by atoms with E-state index in [9.17, 15) is 0 Å². The zero-order chi connectivity index (χ0) is 20.3. The number of nitrogens with zero attached hydrogens (tertiary/aromatic N) is 4. The standard InChI is InChI=1S/C21H27N5OS/c1-14(2)13-25-15(3)10-18(16(25)4)12-22-26-20(23-24-21(26)28)11-17-6-8-19(27-5)9-7-17/h6-10,12,14H,11,13H2,1-5H3,(H,24,28)/b22-12-. The molecule has 1 N–H and O–H groups in total. The van der Waals surface area contributed by atoms with Crippen molar-refractivity contribution in [3.05, 3.63) is 63.4 Å². The van der Waals surface area contributed by atoms with E-state index in [1.807, 2.05) is 30.5 Å². The molecule has 7 heteroatoms. The second-order valence-corrected chi connectivity index (χ2v) is 7.74. The second-order valence-electron chi connectivity index (χ2n) is 7.36. The van der Waals surface area contributed by atoms with Crippen LogP contribution in [0.4, 0.5) is 0 Å². The Bertz CT molecular complexity index is 1020. The van der Waals surface area contributed by atoms with Gasteiger partial charge < -0.3 is 9.30 Å². The highest BCUT2D eigenvalue weighted by molar-refractivity contribution is 7.71. The lowest BCUT2D eigenvalue weighted by Crippen LogP contribution is -2.08. The van der Waals surface area contributed by atoms with Crippen molar-refractivity contribution in [2.75, 3.05) is 7.11 Å². The Kier molecular flexibility index (Phi) is 6.14. The third-order valence-corrected chi connectivity index (χ3v) is 4.98. The number of H-pyrrole nitrogens is 1. The number of ether oxygens (including phenoxy) is 1. The van der Waals surface area contributed by atoms with E-state index in [0.29, 0.717) is 17.1 Å². The molecule has 0 spiro atoms. The van der Waals surface area contributed by atoms with E-state index >= 15 is 0 Å². The van der Waals surface area contributed by atoms with Crippen LogP contribution in [0.25, 0.3) is 0 Å². The third kappa shape index (κ3) is 4.42. The van der Waals surface area contributed by atoms with Crippen LogP contribution in [0.5, 0.6) is 5.75 Å². The van der Waals surface area contributed by atoms with Gasteiger partial charge in [-0.1, -0.05) is 26.0 Å². The number of hydrogen-bond donors (Lipinski definition) is 1. The maximum atomic E-state index is 5.37. The molecule has 3 rings (SSSR count). The largest absolute Gasteiger partial charge is 0.497 e. The predicted octanol–water partition coefficient (Wildman–Crippen LogP) is 4.50. The van der Waals surface area contributed by atoms with Crippen LogP contribution >= 0.6 is 12.2 Å². The van der Waals surface area contributed by atoms with Crippen LogP contribution in [0.3, 0.4) is 0 Å². The van der Waals surface area contributed by atoms with Crippen LogP contribution in [0.1, 0.15) is 42.2 Å². The summed E-state index contributed by atoms with van der Waals surface area (Å²) in [4.78, 5) is 0. The van der Waals surface area contributed by atoms with Gasteiger partial charge in [-0.3, -0.25) is 5.10 Å². The van der Waals surface area contributed by atoms with Crippen molar-refractivity contribution >= 4 is 18.4 Å². The summed E-state index contributed by atoms with van der Waals surface area (Å²) in [5.41, 5.74) is 4.65. The highest BCUT2D eigenvalue weighted by Gasteiger charge is 2.10. The maximum absolute atomic E-state index is 5.37. The Hall–Kier alpha value is -2.67. The molecule has 0 fully saturated rings. The van der Waals surface area contributed by atoms with Crippen molar-refractivity contribution < 1.29 is 4.74 Å². The predicted molar refractivity (Wildman–Crippen MR) is 115 cm³/mol. The molecular weight excluding hydrogens is 370 g/mol. The van der Waals surface area contributed by atoms with E-state index in [1.54, 1.807) is 11.8 Å². The van der Waals surface area contributed by atoms with Crippen LogP contribution in [0, 0.1) is 24.5 Å². The first-order chi connectivity index (χ1) is 13.4. The molecule has 28 heavy (non-hydrogen) atoms. The van der Waals surface area contributed by atoms with E-state index in [4.69, 9.17) is 17.0 Å². The number of benzene rings is 1. The molecule has 0 saturated carbocycles. The Labute approximate surface area is 170 Å². The summed E-state index contributed by atoms with van der Waals surface area (Å²) in [6.45, 7) is 9.71. The molecule has 0 saturated heterocycles. The van der Waals surface area contributed by atoms with Gasteiger partial charge in [0.15, 0.2) is 5.82 Å². The minimum absolute atomic E-state index is 0.482. The lowest BCUT2D eigenvalue weighted by molar-refractivity contribution is 0.414. The smallest absolute Gasteiger partial charge is 0.216 e. The van der Waals surface area contributed by atoms with E-state index in [2.05, 4.69) is 53.6 Å². The third-order valence-electron chi connectivity index (χ3n) is 4.71. The highest BCUT2D eigenvalue weighted by atomic mass is 32.1. The summed E-state index contributed by atoms with van der Waals surface area (Å²) in [5, 5.41) is 11.8. The lowest BCUT2D eigenvalue weighted by atomic mass is 10.1. The molecule has 6 nitrogen and oxygen atoms in total. The van der Waals surface area contributed by atoms with Crippen LogP contribution < -0.4 is 4.74 Å². The first-order valence-corrected chi connectivity index (χ1v) is 9.80. The molecule has 2 aromatic heterocycles. The van der Waals surface area contributed by atoms with Gasteiger partial charge in [0.1, 0.15) is 5.75 Å². The molecule has 0 radical (unpaired) electrons. The maximum Gasteiger partial charge on any atom is 0.216 e. The average Bonchev–Trinajstić information content (AvgIpc) is 3.14. The summed E-state index contributed by atoms with van der Waals surface area (Å²) < 4.78 is 9.72. The van der Waals surface area contributed by atoms with Gasteiger partial charge in [0, 0.05) is 29.9 Å². The number of methoxy groups -OCH3 is 1. The fourth-order valence-electron chi connectivity index (χ4n) is 3.21. The number of nitrogens with one attached hydrogen (secondary N) is 1. The van der Waals surface area contributed by atoms with Crippen LogP contribution in [-0.2, 0) is 13.0 Å². The number of aromatic amines is 1. The Balaban J connectivity index is 1.85. The molecule has 0 aliphatic rings. The second kappa shape index (κ2) is 8.56. The molecule has 0 aliphatic carbocycles. The van der Waals surface area contributed by atoms with E-state index in [1.165, 1.54) is 11.4 Å². The fraction of sp³-hybridized carbons (Fsp3) is 0.381. The molecule has 0 aliphatic heterocycles. The molecule has 0 amide bonds. The first kappa shape index (κ1) is 20.1. The van der Waals surface area contributed by atoms with Gasteiger partial charge in [-0.2, -0.15) is 14.9 Å². The SMILES string of the molecule is COc1ccc(Cc2n[nH]c(=S)n2/N=C\c2cc(C)n(CC(C)C)c2C)cc1. The van der Waals surface area contributed by atoms with Crippen molar-refractivity contribution in [2.45, 2.75) is 40.7 Å². The first-order valence-electron chi connectivity index (χ1n) is 9.39. The van der Waals surface area contributed by atoms with E-state index in [-0.39, 0.29) is 0 Å². The molecule has 0 atom stereocenters. The average molecular weight is 398 g/mol. The van der Waals surface area contributed by atoms with Gasteiger partial charge in [-0.15, -0.1) is 0 Å². The van der Waals surface area contributed by atoms with Gasteiger partial charge in [-0.25, -0.2) is 0 Å².